The number of rotatable bonds is 0. The van der Waals surface area contributed by atoms with E-state index in [1.54, 1.807) is 0 Å². The van der Waals surface area contributed by atoms with Gasteiger partial charge >= 0.3 is 5.43 Å². The van der Waals surface area contributed by atoms with Crippen molar-refractivity contribution in [1.29, 1.82) is 0 Å². The lowest BCUT2D eigenvalue weighted by Crippen LogP contribution is -1.66. The van der Waals surface area contributed by atoms with E-state index in [0.29, 0.717) is 0 Å². The molecule has 2 nitrogen and oxygen atoms in total. The van der Waals surface area contributed by atoms with Crippen LogP contribution >= 0.6 is 11.6 Å². The van der Waals surface area contributed by atoms with Gasteiger partial charge in [-0.1, -0.05) is 19.8 Å². The summed E-state index contributed by atoms with van der Waals surface area (Å²) in [5.41, 5.74) is -1.36. The number of carboxylic acid groups (broad SMARTS) is 1. The monoisotopic (exact) mass is 136 g/mol. The maximum atomic E-state index is 8.77. The molecule has 0 aromatic rings. The predicted molar refractivity (Wildman–Crippen MR) is 32.3 cm³/mol. The van der Waals surface area contributed by atoms with Gasteiger partial charge in [0.2, 0.25) is 0 Å². The molecule has 1 saturated carbocycles. The molecule has 1 fully saturated rings. The van der Waals surface area contributed by atoms with Gasteiger partial charge in [-0.15, -0.1) is 0 Å². The molecule has 1 aliphatic carbocycles. The lowest BCUT2D eigenvalue weighted by atomic mass is 10.5. The Labute approximate surface area is 53.5 Å². The molecule has 1 rings (SSSR count). The summed E-state index contributed by atoms with van der Waals surface area (Å²) in [6, 6.07) is 0. The van der Waals surface area contributed by atoms with Gasteiger partial charge < -0.3 is 5.11 Å². The first-order valence-corrected chi connectivity index (χ1v) is 2.89. The Morgan fingerprint density at radius 2 is 1.88 bits per heavy atom. The second-order valence-electron chi connectivity index (χ2n) is 1.94. The molecule has 3 heteroatoms. The summed E-state index contributed by atoms with van der Waals surface area (Å²) in [6.45, 7) is 2.28. The number of carbonyl (C=O) groups is 1. The van der Waals surface area contributed by atoms with Crippen LogP contribution in [0.4, 0.5) is 4.79 Å². The van der Waals surface area contributed by atoms with Crippen LogP contribution in [-0.2, 0) is 0 Å². The van der Waals surface area contributed by atoms with Gasteiger partial charge in [-0.05, 0) is 5.92 Å². The van der Waals surface area contributed by atoms with Crippen LogP contribution < -0.4 is 0 Å². The third kappa shape index (κ3) is 17.1. The fourth-order valence-electron chi connectivity index (χ4n) is 0.167. The molecule has 0 aromatic carbocycles. The second kappa shape index (κ2) is 3.72. The van der Waals surface area contributed by atoms with Gasteiger partial charge in [0.15, 0.2) is 0 Å². The first-order valence-electron chi connectivity index (χ1n) is 2.51. The summed E-state index contributed by atoms with van der Waals surface area (Å²) in [7, 11) is 0. The van der Waals surface area contributed by atoms with E-state index in [2.05, 4.69) is 18.5 Å². The van der Waals surface area contributed by atoms with Crippen LogP contribution in [0.3, 0.4) is 0 Å². The first kappa shape index (κ1) is 7.76. The Morgan fingerprint density at radius 1 is 1.75 bits per heavy atom. The number of halogens is 1. The lowest BCUT2D eigenvalue weighted by Gasteiger charge is -1.55. The van der Waals surface area contributed by atoms with Crippen LogP contribution in [0.1, 0.15) is 19.8 Å². The van der Waals surface area contributed by atoms with Crippen molar-refractivity contribution in [2.24, 2.45) is 5.92 Å². The molecule has 8 heavy (non-hydrogen) atoms. The van der Waals surface area contributed by atoms with Gasteiger partial charge in [-0.2, -0.15) is 0 Å². The van der Waals surface area contributed by atoms with Crippen LogP contribution in [0.2, 0.25) is 0 Å². The molecule has 0 saturated heterocycles. The minimum absolute atomic E-state index is 1.08. The van der Waals surface area contributed by atoms with Crippen LogP contribution in [0.25, 0.3) is 0 Å². The Morgan fingerprint density at radius 3 is 1.88 bits per heavy atom. The molecular formula is C5H9ClO2. The fourth-order valence-corrected chi connectivity index (χ4v) is 0.167. The van der Waals surface area contributed by atoms with Crippen molar-refractivity contribution in [2.75, 3.05) is 0 Å². The molecule has 0 bridgehead atoms. The van der Waals surface area contributed by atoms with Gasteiger partial charge in [0.1, 0.15) is 0 Å². The Bertz CT molecular complexity index is 74.5. The standard InChI is InChI=1S/C4H8.CHClO2/c1-4-2-3-4;2-1(3)4/h4H,2-3H2,1H3;(H,3,4). The summed E-state index contributed by atoms with van der Waals surface area (Å²) in [5.74, 6) is 1.08. The Hall–Kier alpha value is -0.240. The van der Waals surface area contributed by atoms with Crippen LogP contribution in [-0.4, -0.2) is 10.5 Å². The molecule has 1 aliphatic rings. The highest BCUT2D eigenvalue weighted by Gasteiger charge is 2.12. The minimum atomic E-state index is -1.36. The molecule has 0 radical (unpaired) electrons. The molecule has 0 aromatic heterocycles. The number of hydrogen-bond acceptors (Lipinski definition) is 1. The van der Waals surface area contributed by atoms with Crippen molar-refractivity contribution < 1.29 is 9.90 Å². The maximum Gasteiger partial charge on any atom is 0.401 e. The topological polar surface area (TPSA) is 37.3 Å². The molecule has 0 aliphatic heterocycles. The highest BCUT2D eigenvalue weighted by atomic mass is 35.5. The van der Waals surface area contributed by atoms with Gasteiger partial charge in [-0.3, -0.25) is 0 Å². The quantitative estimate of drug-likeness (QED) is 0.519. The third-order valence-electron chi connectivity index (χ3n) is 0.866. The summed E-state index contributed by atoms with van der Waals surface area (Å²) < 4.78 is 0. The SMILES string of the molecule is CC1CC1.O=C(O)Cl. The van der Waals surface area contributed by atoms with Crippen LogP contribution in [0.15, 0.2) is 0 Å². The summed E-state index contributed by atoms with van der Waals surface area (Å²) >= 11 is 4.19. The fraction of sp³-hybridized carbons (Fsp3) is 0.800. The molecule has 0 amide bonds. The van der Waals surface area contributed by atoms with Gasteiger partial charge in [0, 0.05) is 11.6 Å². The highest BCUT2D eigenvalue weighted by molar-refractivity contribution is 6.60. The zero-order chi connectivity index (χ0) is 6.57. The smallest absolute Gasteiger partial charge is 0.401 e. The van der Waals surface area contributed by atoms with E-state index in [-0.39, 0.29) is 0 Å². The van der Waals surface area contributed by atoms with Crippen molar-refractivity contribution in [3.8, 4) is 0 Å². The van der Waals surface area contributed by atoms with E-state index in [9.17, 15) is 0 Å². The Kier molecular flexibility index (Phi) is 3.61. The average Bonchev–Trinajstić information content (AvgIpc) is 2.19. The van der Waals surface area contributed by atoms with Crippen LogP contribution in [0.5, 0.6) is 0 Å². The van der Waals surface area contributed by atoms with Gasteiger partial charge in [0.25, 0.3) is 0 Å². The van der Waals surface area contributed by atoms with Crippen molar-refractivity contribution in [2.45, 2.75) is 19.8 Å². The maximum absolute atomic E-state index is 8.77. The summed E-state index contributed by atoms with van der Waals surface area (Å²) in [6.07, 6.45) is 2.97. The third-order valence-corrected chi connectivity index (χ3v) is 0.866. The van der Waals surface area contributed by atoms with Gasteiger partial charge in [0.05, 0.1) is 0 Å². The summed E-state index contributed by atoms with van der Waals surface area (Å²) in [5, 5.41) is 7.18. The second-order valence-corrected chi connectivity index (χ2v) is 2.26. The highest BCUT2D eigenvalue weighted by Crippen LogP contribution is 2.26. The zero-order valence-electron chi connectivity index (χ0n) is 4.72. The summed E-state index contributed by atoms with van der Waals surface area (Å²) in [4.78, 5) is 8.77. The average molecular weight is 137 g/mol. The van der Waals surface area contributed by atoms with E-state index in [1.165, 1.54) is 12.8 Å². The van der Waals surface area contributed by atoms with Crippen LogP contribution in [0, 0.1) is 5.92 Å². The predicted octanol–water partition coefficient (Wildman–Crippen LogP) is 2.32. The molecule has 0 atom stereocenters. The molecule has 1 N–H and O–H groups in total. The lowest BCUT2D eigenvalue weighted by molar-refractivity contribution is 0.220. The number of hydrogen-bond donors (Lipinski definition) is 1. The first-order chi connectivity index (χ1) is 3.63. The molecule has 48 valence electrons. The van der Waals surface area contributed by atoms with E-state index in [4.69, 9.17) is 9.90 Å². The van der Waals surface area contributed by atoms with E-state index >= 15 is 0 Å². The molecule has 0 unspecified atom stereocenters. The van der Waals surface area contributed by atoms with E-state index < -0.39 is 5.43 Å². The molecular weight excluding hydrogens is 128 g/mol. The van der Waals surface area contributed by atoms with E-state index in [0.717, 1.165) is 5.92 Å². The van der Waals surface area contributed by atoms with Crippen molar-refractivity contribution in [3.05, 3.63) is 0 Å². The minimum Gasteiger partial charge on any atom is -0.469 e. The molecule has 0 spiro atoms. The Balaban J connectivity index is 0.000000122. The zero-order valence-corrected chi connectivity index (χ0v) is 5.48. The van der Waals surface area contributed by atoms with Crippen molar-refractivity contribution in [3.63, 3.8) is 0 Å². The largest absolute Gasteiger partial charge is 0.469 e. The van der Waals surface area contributed by atoms with E-state index in [1.807, 2.05) is 0 Å². The molecule has 0 heterocycles. The van der Waals surface area contributed by atoms with Crippen molar-refractivity contribution >= 4 is 17.0 Å². The van der Waals surface area contributed by atoms with Gasteiger partial charge in [-0.25, -0.2) is 4.79 Å². The van der Waals surface area contributed by atoms with Crippen molar-refractivity contribution in [1.82, 2.24) is 0 Å². The normalized spacial score (nSPS) is 16.2.